The Labute approximate surface area is 98.0 Å². The lowest BCUT2D eigenvalue weighted by atomic mass is 10.3. The van der Waals surface area contributed by atoms with Crippen LogP contribution >= 0.6 is 27.3 Å². The molecule has 0 saturated carbocycles. The second-order valence-corrected chi connectivity index (χ2v) is 4.70. The first-order chi connectivity index (χ1) is 7.20. The van der Waals surface area contributed by atoms with Crippen LogP contribution in [0.5, 0.6) is 0 Å². The van der Waals surface area contributed by atoms with Gasteiger partial charge in [-0.2, -0.15) is 4.98 Å². The van der Waals surface area contributed by atoms with Crippen LogP contribution in [0.3, 0.4) is 0 Å². The Balaban J connectivity index is 2.27. The highest BCUT2D eigenvalue weighted by molar-refractivity contribution is 9.10. The first-order valence-electron chi connectivity index (χ1n) is 4.15. The van der Waals surface area contributed by atoms with Gasteiger partial charge >= 0.3 is 0 Å². The average Bonchev–Trinajstić information content (AvgIpc) is 2.84. The highest BCUT2D eigenvalue weighted by Crippen LogP contribution is 2.28. The van der Waals surface area contributed by atoms with Gasteiger partial charge in [-0.3, -0.25) is 0 Å². The molecule has 0 spiro atoms. The Morgan fingerprint density at radius 1 is 1.67 bits per heavy atom. The van der Waals surface area contributed by atoms with Gasteiger partial charge in [0.15, 0.2) is 0 Å². The van der Waals surface area contributed by atoms with Crippen molar-refractivity contribution in [1.29, 1.82) is 0 Å². The van der Waals surface area contributed by atoms with Crippen molar-refractivity contribution in [3.63, 3.8) is 0 Å². The number of nitrogens with zero attached hydrogens (tertiary/aromatic N) is 2. The highest BCUT2D eigenvalue weighted by Gasteiger charge is 2.15. The van der Waals surface area contributed by atoms with Gasteiger partial charge in [-0.15, -0.1) is 11.3 Å². The molecule has 2 heterocycles. The van der Waals surface area contributed by atoms with Crippen LogP contribution in [0.25, 0.3) is 10.7 Å². The number of aliphatic hydroxyl groups is 1. The van der Waals surface area contributed by atoms with Crippen LogP contribution in [0.15, 0.2) is 20.4 Å². The minimum atomic E-state index is -0.616. The van der Waals surface area contributed by atoms with E-state index in [0.717, 1.165) is 9.35 Å². The van der Waals surface area contributed by atoms with Gasteiger partial charge in [-0.25, -0.2) is 0 Å². The van der Waals surface area contributed by atoms with Gasteiger partial charge < -0.3 is 15.4 Å². The van der Waals surface area contributed by atoms with E-state index in [4.69, 9.17) is 15.4 Å². The molecule has 0 bridgehead atoms. The first kappa shape index (κ1) is 10.7. The van der Waals surface area contributed by atoms with Crippen LogP contribution in [-0.2, 0) is 0 Å². The molecule has 0 saturated heterocycles. The summed E-state index contributed by atoms with van der Waals surface area (Å²) in [6.07, 6.45) is 0. The van der Waals surface area contributed by atoms with E-state index in [1.165, 1.54) is 11.3 Å². The van der Waals surface area contributed by atoms with Crippen LogP contribution in [0, 0.1) is 0 Å². The molecule has 0 aromatic carbocycles. The maximum absolute atomic E-state index is 8.81. The summed E-state index contributed by atoms with van der Waals surface area (Å²) in [7, 11) is 0. The van der Waals surface area contributed by atoms with Crippen molar-refractivity contribution in [3.8, 4) is 10.7 Å². The zero-order valence-corrected chi connectivity index (χ0v) is 9.96. The standard InChI is InChI=1S/C8H8BrN3O2S/c9-4-1-6(15-3-4)7-11-8(14-12-7)5(10)2-13/h1,3,5,13H,2,10H2/t5-/m1/s1. The molecule has 0 unspecified atom stereocenters. The van der Waals surface area contributed by atoms with Crippen molar-refractivity contribution < 1.29 is 9.63 Å². The molecule has 5 nitrogen and oxygen atoms in total. The Hall–Kier alpha value is -0.760. The van der Waals surface area contributed by atoms with Crippen LogP contribution < -0.4 is 5.73 Å². The normalized spacial score (nSPS) is 13.0. The van der Waals surface area contributed by atoms with E-state index in [2.05, 4.69) is 26.1 Å². The lowest BCUT2D eigenvalue weighted by Gasteiger charge is -1.98. The Morgan fingerprint density at radius 3 is 3.07 bits per heavy atom. The quantitative estimate of drug-likeness (QED) is 0.896. The Morgan fingerprint density at radius 2 is 2.47 bits per heavy atom. The third-order valence-electron chi connectivity index (χ3n) is 1.74. The number of rotatable bonds is 3. The summed E-state index contributed by atoms with van der Waals surface area (Å²) in [5, 5.41) is 14.5. The Kier molecular flexibility index (Phi) is 3.15. The fraction of sp³-hybridized carbons (Fsp3) is 0.250. The van der Waals surface area contributed by atoms with E-state index in [0.29, 0.717) is 5.82 Å². The number of aromatic nitrogens is 2. The molecule has 1 atom stereocenters. The third-order valence-corrected chi connectivity index (χ3v) is 3.43. The Bertz CT molecular complexity index is 456. The van der Waals surface area contributed by atoms with E-state index in [-0.39, 0.29) is 12.5 Å². The SMILES string of the molecule is N[C@H](CO)c1nc(-c2cc(Br)cs2)no1. The number of hydrogen-bond acceptors (Lipinski definition) is 6. The van der Waals surface area contributed by atoms with Crippen molar-refractivity contribution in [2.24, 2.45) is 5.73 Å². The van der Waals surface area contributed by atoms with Crippen molar-refractivity contribution in [3.05, 3.63) is 21.8 Å². The number of nitrogens with two attached hydrogens (primary N) is 1. The molecule has 2 aromatic heterocycles. The zero-order chi connectivity index (χ0) is 10.8. The summed E-state index contributed by atoms with van der Waals surface area (Å²) < 4.78 is 5.90. The number of thiophene rings is 1. The topological polar surface area (TPSA) is 85.2 Å². The summed E-state index contributed by atoms with van der Waals surface area (Å²) in [6.45, 7) is -0.213. The molecule has 0 radical (unpaired) electrons. The zero-order valence-electron chi connectivity index (χ0n) is 7.55. The van der Waals surface area contributed by atoms with Crippen molar-refractivity contribution in [1.82, 2.24) is 10.1 Å². The molecule has 0 aliphatic rings. The molecule has 0 aliphatic heterocycles. The molecule has 0 amide bonds. The van der Waals surface area contributed by atoms with Crippen LogP contribution in [0.2, 0.25) is 0 Å². The molecule has 0 aliphatic carbocycles. The molecule has 0 fully saturated rings. The molecular weight excluding hydrogens is 282 g/mol. The van der Waals surface area contributed by atoms with Gasteiger partial charge in [-0.05, 0) is 22.0 Å². The lowest BCUT2D eigenvalue weighted by molar-refractivity contribution is 0.237. The molecule has 2 rings (SSSR count). The average molecular weight is 290 g/mol. The summed E-state index contributed by atoms with van der Waals surface area (Å²) in [5.41, 5.74) is 5.54. The minimum absolute atomic E-state index is 0.213. The fourth-order valence-corrected chi connectivity index (χ4v) is 2.35. The van der Waals surface area contributed by atoms with E-state index in [1.807, 2.05) is 11.4 Å². The van der Waals surface area contributed by atoms with Gasteiger partial charge in [0.1, 0.15) is 6.04 Å². The number of aliphatic hydroxyl groups excluding tert-OH is 1. The monoisotopic (exact) mass is 289 g/mol. The van der Waals surface area contributed by atoms with E-state index in [9.17, 15) is 0 Å². The molecular formula is C8H8BrN3O2S. The molecule has 15 heavy (non-hydrogen) atoms. The van der Waals surface area contributed by atoms with Gasteiger partial charge in [0.2, 0.25) is 11.7 Å². The minimum Gasteiger partial charge on any atom is -0.394 e. The number of hydrogen-bond donors (Lipinski definition) is 2. The predicted molar refractivity (Wildman–Crippen MR) is 59.3 cm³/mol. The highest BCUT2D eigenvalue weighted by atomic mass is 79.9. The van der Waals surface area contributed by atoms with Gasteiger partial charge in [0.25, 0.3) is 0 Å². The molecule has 2 aromatic rings. The maximum atomic E-state index is 8.81. The van der Waals surface area contributed by atoms with Crippen molar-refractivity contribution >= 4 is 27.3 Å². The van der Waals surface area contributed by atoms with Gasteiger partial charge in [0.05, 0.1) is 11.5 Å². The summed E-state index contributed by atoms with van der Waals surface area (Å²) in [5.74, 6) is 0.738. The van der Waals surface area contributed by atoms with E-state index in [1.54, 1.807) is 0 Å². The molecule has 7 heteroatoms. The van der Waals surface area contributed by atoms with E-state index < -0.39 is 6.04 Å². The fourth-order valence-electron chi connectivity index (χ4n) is 0.994. The van der Waals surface area contributed by atoms with Crippen molar-refractivity contribution in [2.75, 3.05) is 6.61 Å². The predicted octanol–water partition coefficient (Wildman–Crippen LogP) is 1.55. The van der Waals surface area contributed by atoms with Crippen LogP contribution in [0.4, 0.5) is 0 Å². The third kappa shape index (κ3) is 2.25. The largest absolute Gasteiger partial charge is 0.394 e. The molecule has 80 valence electrons. The second-order valence-electron chi connectivity index (χ2n) is 2.87. The summed E-state index contributed by atoms with van der Waals surface area (Å²) in [6, 6.07) is 1.28. The summed E-state index contributed by atoms with van der Waals surface area (Å²) in [4.78, 5) is 4.98. The molecule has 3 N–H and O–H groups in total. The van der Waals surface area contributed by atoms with Crippen molar-refractivity contribution in [2.45, 2.75) is 6.04 Å². The van der Waals surface area contributed by atoms with Gasteiger partial charge in [-0.1, -0.05) is 5.16 Å². The lowest BCUT2D eigenvalue weighted by Crippen LogP contribution is -2.14. The summed E-state index contributed by atoms with van der Waals surface area (Å²) >= 11 is 4.84. The maximum Gasteiger partial charge on any atom is 0.246 e. The van der Waals surface area contributed by atoms with E-state index >= 15 is 0 Å². The number of halogens is 1. The van der Waals surface area contributed by atoms with Crippen LogP contribution in [0.1, 0.15) is 11.9 Å². The smallest absolute Gasteiger partial charge is 0.246 e. The first-order valence-corrected chi connectivity index (χ1v) is 5.82. The second kappa shape index (κ2) is 4.40. The van der Waals surface area contributed by atoms with Crippen LogP contribution in [-0.4, -0.2) is 21.9 Å². The van der Waals surface area contributed by atoms with Gasteiger partial charge in [0, 0.05) is 9.85 Å².